The summed E-state index contributed by atoms with van der Waals surface area (Å²) < 4.78 is 6.99. The van der Waals surface area contributed by atoms with Gasteiger partial charge in [-0.2, -0.15) is 0 Å². The van der Waals surface area contributed by atoms with Gasteiger partial charge in [0.05, 0.1) is 18.3 Å². The maximum Gasteiger partial charge on any atom is 0.152 e. The van der Waals surface area contributed by atoms with E-state index in [0.717, 1.165) is 23.7 Å². The lowest BCUT2D eigenvalue weighted by Crippen LogP contribution is -2.02. The van der Waals surface area contributed by atoms with Crippen LogP contribution in [0.4, 0.5) is 0 Å². The number of hydrogen-bond donors (Lipinski definition) is 0. The van der Waals surface area contributed by atoms with Gasteiger partial charge in [-0.05, 0) is 6.07 Å². The zero-order valence-corrected chi connectivity index (χ0v) is 8.51. The molecule has 0 spiro atoms. The zero-order chi connectivity index (χ0) is 10.7. The fourth-order valence-electron chi connectivity index (χ4n) is 1.63. The van der Waals surface area contributed by atoms with Crippen molar-refractivity contribution in [2.24, 2.45) is 0 Å². The van der Waals surface area contributed by atoms with E-state index in [4.69, 9.17) is 4.74 Å². The molecule has 0 unspecified atom stereocenters. The van der Waals surface area contributed by atoms with Gasteiger partial charge < -0.3 is 9.30 Å². The topological polar surface area (TPSA) is 44.1 Å². The molecule has 0 bridgehead atoms. The summed E-state index contributed by atoms with van der Waals surface area (Å²) in [4.78, 5) is 14.9. The molecular formula is C11H12N2O2. The molecule has 78 valence electrons. The summed E-state index contributed by atoms with van der Waals surface area (Å²) in [5.41, 5.74) is 1.67. The van der Waals surface area contributed by atoms with Crippen LogP contribution < -0.4 is 0 Å². The smallest absolute Gasteiger partial charge is 0.152 e. The van der Waals surface area contributed by atoms with E-state index in [9.17, 15) is 4.79 Å². The Labute approximate surface area is 87.5 Å². The summed E-state index contributed by atoms with van der Waals surface area (Å²) in [6, 6.07) is 1.85. The van der Waals surface area contributed by atoms with E-state index in [2.05, 4.69) is 4.98 Å². The van der Waals surface area contributed by atoms with Gasteiger partial charge in [0.2, 0.25) is 0 Å². The summed E-state index contributed by atoms with van der Waals surface area (Å²) in [7, 11) is 1.66. The first kappa shape index (κ1) is 9.86. The molecule has 4 nitrogen and oxygen atoms in total. The van der Waals surface area contributed by atoms with Gasteiger partial charge in [0.15, 0.2) is 6.29 Å². The van der Waals surface area contributed by atoms with Crippen LogP contribution in [0.5, 0.6) is 0 Å². The summed E-state index contributed by atoms with van der Waals surface area (Å²) >= 11 is 0. The standard InChI is InChI=1S/C11H12N2O2/c1-15-5-4-13-7-9(8-14)10-2-3-12-6-11(10)13/h2-3,6-8H,4-5H2,1H3. The maximum atomic E-state index is 10.8. The van der Waals surface area contributed by atoms with Crippen LogP contribution in [0.15, 0.2) is 24.7 Å². The Hall–Kier alpha value is -1.68. The van der Waals surface area contributed by atoms with E-state index in [1.165, 1.54) is 0 Å². The fraction of sp³-hybridized carbons (Fsp3) is 0.273. The van der Waals surface area contributed by atoms with Crippen molar-refractivity contribution in [2.75, 3.05) is 13.7 Å². The lowest BCUT2D eigenvalue weighted by Gasteiger charge is -2.02. The van der Waals surface area contributed by atoms with E-state index < -0.39 is 0 Å². The van der Waals surface area contributed by atoms with Crippen LogP contribution >= 0.6 is 0 Å². The summed E-state index contributed by atoms with van der Waals surface area (Å²) in [6.45, 7) is 1.35. The third-order valence-corrected chi connectivity index (χ3v) is 2.38. The first-order valence-corrected chi connectivity index (χ1v) is 4.74. The molecule has 2 rings (SSSR count). The molecule has 2 aromatic rings. The number of aldehydes is 1. The van der Waals surface area contributed by atoms with Crippen molar-refractivity contribution in [2.45, 2.75) is 6.54 Å². The molecule has 0 fully saturated rings. The number of nitrogens with zero attached hydrogens (tertiary/aromatic N) is 2. The fourth-order valence-corrected chi connectivity index (χ4v) is 1.63. The predicted octanol–water partition coefficient (Wildman–Crippen LogP) is 1.50. The van der Waals surface area contributed by atoms with Crippen molar-refractivity contribution >= 4 is 17.2 Å². The summed E-state index contributed by atoms with van der Waals surface area (Å²) in [5.74, 6) is 0. The molecule has 0 N–H and O–H groups in total. The van der Waals surface area contributed by atoms with Crippen molar-refractivity contribution < 1.29 is 9.53 Å². The zero-order valence-electron chi connectivity index (χ0n) is 8.51. The van der Waals surface area contributed by atoms with Crippen LogP contribution in [0, 0.1) is 0 Å². The number of pyridine rings is 1. The number of aromatic nitrogens is 2. The van der Waals surface area contributed by atoms with E-state index in [1.54, 1.807) is 19.5 Å². The Morgan fingerprint density at radius 1 is 1.60 bits per heavy atom. The van der Waals surface area contributed by atoms with Gasteiger partial charge in [-0.25, -0.2) is 0 Å². The predicted molar refractivity (Wildman–Crippen MR) is 57.0 cm³/mol. The highest BCUT2D eigenvalue weighted by Gasteiger charge is 2.06. The molecule has 0 radical (unpaired) electrons. The van der Waals surface area contributed by atoms with E-state index in [-0.39, 0.29) is 0 Å². The van der Waals surface area contributed by atoms with Gasteiger partial charge in [0, 0.05) is 37.0 Å². The minimum atomic E-state index is 0.622. The van der Waals surface area contributed by atoms with Crippen LogP contribution in [-0.4, -0.2) is 29.6 Å². The normalized spacial score (nSPS) is 10.7. The number of fused-ring (bicyclic) bond motifs is 1. The Bertz CT molecular complexity index is 476. The number of carbonyl (C=O) groups excluding carboxylic acids is 1. The molecule has 2 aromatic heterocycles. The highest BCUT2D eigenvalue weighted by atomic mass is 16.5. The molecular weight excluding hydrogens is 192 g/mol. The SMILES string of the molecule is COCCn1cc(C=O)c2ccncc21. The van der Waals surface area contributed by atoms with Crippen molar-refractivity contribution in [1.82, 2.24) is 9.55 Å². The Balaban J connectivity index is 2.50. The van der Waals surface area contributed by atoms with Crippen LogP contribution in [0.3, 0.4) is 0 Å². The van der Waals surface area contributed by atoms with E-state index >= 15 is 0 Å². The van der Waals surface area contributed by atoms with Crippen molar-refractivity contribution in [3.05, 3.63) is 30.2 Å². The highest BCUT2D eigenvalue weighted by Crippen LogP contribution is 2.18. The second kappa shape index (κ2) is 4.23. The minimum Gasteiger partial charge on any atom is -0.383 e. The molecule has 0 aliphatic heterocycles. The molecule has 2 heterocycles. The largest absolute Gasteiger partial charge is 0.383 e. The van der Waals surface area contributed by atoms with Gasteiger partial charge in [0.1, 0.15) is 0 Å². The van der Waals surface area contributed by atoms with Gasteiger partial charge in [0.25, 0.3) is 0 Å². The van der Waals surface area contributed by atoms with Crippen molar-refractivity contribution in [3.63, 3.8) is 0 Å². The Kier molecular flexibility index (Phi) is 2.78. The lowest BCUT2D eigenvalue weighted by molar-refractivity contribution is 0.112. The number of methoxy groups -OCH3 is 1. The van der Waals surface area contributed by atoms with Crippen molar-refractivity contribution in [1.29, 1.82) is 0 Å². The second-order valence-electron chi connectivity index (χ2n) is 3.28. The van der Waals surface area contributed by atoms with Crippen LogP contribution in [0.1, 0.15) is 10.4 Å². The first-order valence-electron chi connectivity index (χ1n) is 4.74. The van der Waals surface area contributed by atoms with Gasteiger partial charge in [-0.1, -0.05) is 0 Å². The Morgan fingerprint density at radius 3 is 3.20 bits per heavy atom. The number of rotatable bonds is 4. The molecule has 0 aliphatic rings. The Morgan fingerprint density at radius 2 is 2.47 bits per heavy atom. The molecule has 4 heteroatoms. The number of hydrogen-bond acceptors (Lipinski definition) is 3. The molecule has 0 aliphatic carbocycles. The molecule has 0 atom stereocenters. The number of ether oxygens (including phenoxy) is 1. The molecule has 0 saturated carbocycles. The summed E-state index contributed by atoms with van der Waals surface area (Å²) in [5, 5.41) is 0.941. The highest BCUT2D eigenvalue weighted by molar-refractivity contribution is 5.97. The first-order chi connectivity index (χ1) is 7.36. The molecule has 0 amide bonds. The van der Waals surface area contributed by atoms with Crippen LogP contribution in [0.25, 0.3) is 10.9 Å². The second-order valence-corrected chi connectivity index (χ2v) is 3.28. The van der Waals surface area contributed by atoms with Crippen LogP contribution in [-0.2, 0) is 11.3 Å². The summed E-state index contributed by atoms with van der Waals surface area (Å²) in [6.07, 6.45) is 6.15. The molecule has 0 saturated heterocycles. The third-order valence-electron chi connectivity index (χ3n) is 2.38. The van der Waals surface area contributed by atoms with Gasteiger partial charge in [-0.3, -0.25) is 9.78 Å². The quantitative estimate of drug-likeness (QED) is 0.709. The lowest BCUT2D eigenvalue weighted by atomic mass is 10.2. The third kappa shape index (κ3) is 1.76. The van der Waals surface area contributed by atoms with Crippen LogP contribution in [0.2, 0.25) is 0 Å². The monoisotopic (exact) mass is 204 g/mol. The minimum absolute atomic E-state index is 0.622. The average molecular weight is 204 g/mol. The average Bonchev–Trinajstić information content (AvgIpc) is 2.65. The van der Waals surface area contributed by atoms with E-state index in [1.807, 2.05) is 16.8 Å². The van der Waals surface area contributed by atoms with Gasteiger partial charge in [-0.15, -0.1) is 0 Å². The maximum absolute atomic E-state index is 10.8. The van der Waals surface area contributed by atoms with E-state index in [0.29, 0.717) is 12.2 Å². The van der Waals surface area contributed by atoms with Gasteiger partial charge >= 0.3 is 0 Å². The molecule has 15 heavy (non-hydrogen) atoms. The number of carbonyl (C=O) groups is 1. The van der Waals surface area contributed by atoms with Crippen molar-refractivity contribution in [3.8, 4) is 0 Å². The molecule has 0 aromatic carbocycles.